The van der Waals surface area contributed by atoms with Crippen LogP contribution in [-0.4, -0.2) is 54.9 Å². The van der Waals surface area contributed by atoms with E-state index < -0.39 is 0 Å². The molecule has 0 spiro atoms. The van der Waals surface area contributed by atoms with Crippen LogP contribution in [0.4, 0.5) is 4.39 Å². The van der Waals surface area contributed by atoms with Gasteiger partial charge in [0.25, 0.3) is 0 Å². The van der Waals surface area contributed by atoms with Gasteiger partial charge >= 0.3 is 0 Å². The van der Waals surface area contributed by atoms with Crippen LogP contribution < -0.4 is 5.32 Å². The highest BCUT2D eigenvalue weighted by atomic mass is 127. The minimum absolute atomic E-state index is 0. The number of rotatable bonds is 4. The zero-order chi connectivity index (χ0) is 15.9. The summed E-state index contributed by atoms with van der Waals surface area (Å²) in [5, 5.41) is 12.2. The standard InChI is InChI=1S/C16H24FN3O2.HI/c1-3-18-16(19-8-9-21)20-10-12(2)22-15(11-20)13-4-6-14(17)7-5-13;/h4-7,12,15,21H,3,8-11H2,1-2H3,(H,18,19);1H. The molecule has 0 aromatic heterocycles. The van der Waals surface area contributed by atoms with E-state index in [1.807, 2.05) is 13.8 Å². The Hall–Kier alpha value is -0.930. The Morgan fingerprint density at radius 2 is 2.09 bits per heavy atom. The molecular weight excluding hydrogens is 412 g/mol. The fraction of sp³-hybridized carbons (Fsp3) is 0.562. The zero-order valence-electron chi connectivity index (χ0n) is 13.5. The highest BCUT2D eigenvalue weighted by Crippen LogP contribution is 2.25. The Morgan fingerprint density at radius 3 is 2.70 bits per heavy atom. The topological polar surface area (TPSA) is 57.1 Å². The molecule has 0 saturated carbocycles. The lowest BCUT2D eigenvalue weighted by atomic mass is 10.1. The number of nitrogens with zero attached hydrogens (tertiary/aromatic N) is 2. The van der Waals surface area contributed by atoms with Crippen LogP contribution in [0.1, 0.15) is 25.5 Å². The third-order valence-electron chi connectivity index (χ3n) is 3.50. The van der Waals surface area contributed by atoms with Crippen molar-refractivity contribution in [2.24, 2.45) is 4.99 Å². The van der Waals surface area contributed by atoms with Crippen molar-refractivity contribution in [1.82, 2.24) is 10.2 Å². The second-order valence-electron chi connectivity index (χ2n) is 5.35. The van der Waals surface area contributed by atoms with Gasteiger partial charge < -0.3 is 20.1 Å². The molecule has 1 heterocycles. The normalized spacial score (nSPS) is 21.7. The summed E-state index contributed by atoms with van der Waals surface area (Å²) in [4.78, 5) is 6.52. The van der Waals surface area contributed by atoms with Gasteiger partial charge in [-0.3, -0.25) is 4.99 Å². The predicted molar refractivity (Wildman–Crippen MR) is 99.7 cm³/mol. The van der Waals surface area contributed by atoms with E-state index in [0.717, 1.165) is 24.6 Å². The lowest BCUT2D eigenvalue weighted by molar-refractivity contribution is -0.0605. The lowest BCUT2D eigenvalue weighted by Crippen LogP contribution is -2.50. The molecule has 0 bridgehead atoms. The molecule has 2 unspecified atom stereocenters. The quantitative estimate of drug-likeness (QED) is 0.431. The number of benzene rings is 1. The highest BCUT2D eigenvalue weighted by molar-refractivity contribution is 14.0. The van der Waals surface area contributed by atoms with Crippen LogP contribution in [0.25, 0.3) is 0 Å². The average molecular weight is 437 g/mol. The van der Waals surface area contributed by atoms with Gasteiger partial charge in [0.2, 0.25) is 0 Å². The van der Waals surface area contributed by atoms with Gasteiger partial charge in [0, 0.05) is 13.1 Å². The van der Waals surface area contributed by atoms with Gasteiger partial charge in [0.05, 0.1) is 25.8 Å². The van der Waals surface area contributed by atoms with Crippen LogP contribution in [0.3, 0.4) is 0 Å². The number of aliphatic hydroxyl groups is 1. The predicted octanol–water partition coefficient (Wildman–Crippen LogP) is 2.16. The van der Waals surface area contributed by atoms with Crippen molar-refractivity contribution in [3.63, 3.8) is 0 Å². The Labute approximate surface area is 153 Å². The SMILES string of the molecule is CCNC(=NCCO)N1CC(C)OC(c2ccc(F)cc2)C1.I. The van der Waals surface area contributed by atoms with Gasteiger partial charge in [-0.1, -0.05) is 12.1 Å². The van der Waals surface area contributed by atoms with E-state index >= 15 is 0 Å². The molecule has 2 rings (SSSR count). The van der Waals surface area contributed by atoms with Gasteiger partial charge in [-0.15, -0.1) is 24.0 Å². The summed E-state index contributed by atoms with van der Waals surface area (Å²) in [5.74, 6) is 0.529. The minimum Gasteiger partial charge on any atom is -0.394 e. The molecule has 1 fully saturated rings. The van der Waals surface area contributed by atoms with Crippen molar-refractivity contribution in [2.45, 2.75) is 26.1 Å². The van der Waals surface area contributed by atoms with E-state index in [4.69, 9.17) is 9.84 Å². The first-order valence-electron chi connectivity index (χ1n) is 7.69. The molecule has 130 valence electrons. The minimum atomic E-state index is -0.248. The molecule has 0 aliphatic carbocycles. The molecule has 1 aromatic rings. The van der Waals surface area contributed by atoms with E-state index in [0.29, 0.717) is 13.1 Å². The number of nitrogens with one attached hydrogen (secondary N) is 1. The number of aliphatic hydroxyl groups excluding tert-OH is 1. The van der Waals surface area contributed by atoms with Crippen molar-refractivity contribution >= 4 is 29.9 Å². The number of ether oxygens (including phenoxy) is 1. The monoisotopic (exact) mass is 437 g/mol. The zero-order valence-corrected chi connectivity index (χ0v) is 15.9. The first-order valence-corrected chi connectivity index (χ1v) is 7.69. The molecule has 1 aromatic carbocycles. The molecule has 1 aliphatic rings. The molecule has 1 saturated heterocycles. The molecule has 7 heteroatoms. The fourth-order valence-electron chi connectivity index (χ4n) is 2.57. The largest absolute Gasteiger partial charge is 0.394 e. The van der Waals surface area contributed by atoms with Gasteiger partial charge in [0.1, 0.15) is 11.9 Å². The maximum Gasteiger partial charge on any atom is 0.194 e. The summed E-state index contributed by atoms with van der Waals surface area (Å²) >= 11 is 0. The molecule has 1 aliphatic heterocycles. The number of halogens is 2. The average Bonchev–Trinajstić information content (AvgIpc) is 2.51. The Kier molecular flexibility index (Phi) is 8.78. The molecule has 5 nitrogen and oxygen atoms in total. The van der Waals surface area contributed by atoms with E-state index in [1.165, 1.54) is 12.1 Å². The fourth-order valence-corrected chi connectivity index (χ4v) is 2.57. The van der Waals surface area contributed by atoms with Crippen molar-refractivity contribution < 1.29 is 14.2 Å². The Morgan fingerprint density at radius 1 is 1.39 bits per heavy atom. The van der Waals surface area contributed by atoms with E-state index in [1.54, 1.807) is 12.1 Å². The molecule has 2 atom stereocenters. The number of aliphatic imine (C=N–C) groups is 1. The number of guanidine groups is 1. The van der Waals surface area contributed by atoms with Crippen molar-refractivity contribution in [3.05, 3.63) is 35.6 Å². The third kappa shape index (κ3) is 5.89. The van der Waals surface area contributed by atoms with Gasteiger partial charge in [-0.05, 0) is 31.5 Å². The Bertz CT molecular complexity index is 499. The summed E-state index contributed by atoms with van der Waals surface area (Å²) in [6, 6.07) is 6.42. The maximum atomic E-state index is 13.1. The number of hydrogen-bond donors (Lipinski definition) is 2. The lowest BCUT2D eigenvalue weighted by Gasteiger charge is -2.38. The number of morpholine rings is 1. The van der Waals surface area contributed by atoms with Crippen LogP contribution in [0, 0.1) is 5.82 Å². The summed E-state index contributed by atoms with van der Waals surface area (Å²) in [6.07, 6.45) is -0.0795. The second-order valence-corrected chi connectivity index (χ2v) is 5.35. The summed E-state index contributed by atoms with van der Waals surface area (Å²) in [7, 11) is 0. The molecule has 0 radical (unpaired) electrons. The Balaban J connectivity index is 0.00000264. The van der Waals surface area contributed by atoms with E-state index in [-0.39, 0.29) is 48.6 Å². The third-order valence-corrected chi connectivity index (χ3v) is 3.50. The van der Waals surface area contributed by atoms with E-state index in [9.17, 15) is 4.39 Å². The smallest absolute Gasteiger partial charge is 0.194 e. The maximum absolute atomic E-state index is 13.1. The van der Waals surface area contributed by atoms with Gasteiger partial charge in [0.15, 0.2) is 5.96 Å². The molecule has 0 amide bonds. The van der Waals surface area contributed by atoms with Crippen LogP contribution in [0.2, 0.25) is 0 Å². The van der Waals surface area contributed by atoms with Crippen molar-refractivity contribution in [1.29, 1.82) is 0 Å². The van der Waals surface area contributed by atoms with Crippen LogP contribution >= 0.6 is 24.0 Å². The van der Waals surface area contributed by atoms with Crippen LogP contribution in [0.15, 0.2) is 29.3 Å². The second kappa shape index (κ2) is 10.0. The summed E-state index contributed by atoms with van der Waals surface area (Å²) in [5.41, 5.74) is 0.955. The van der Waals surface area contributed by atoms with Crippen LogP contribution in [-0.2, 0) is 4.74 Å². The molecule has 2 N–H and O–H groups in total. The molecular formula is C16H25FIN3O2. The summed E-state index contributed by atoms with van der Waals surface area (Å²) in [6.45, 7) is 6.55. The van der Waals surface area contributed by atoms with Gasteiger partial charge in [-0.25, -0.2) is 4.39 Å². The highest BCUT2D eigenvalue weighted by Gasteiger charge is 2.28. The van der Waals surface area contributed by atoms with E-state index in [2.05, 4.69) is 15.2 Å². The van der Waals surface area contributed by atoms with Crippen molar-refractivity contribution in [3.8, 4) is 0 Å². The number of hydrogen-bond acceptors (Lipinski definition) is 3. The summed E-state index contributed by atoms with van der Waals surface area (Å²) < 4.78 is 19.1. The van der Waals surface area contributed by atoms with Gasteiger partial charge in [-0.2, -0.15) is 0 Å². The van der Waals surface area contributed by atoms with Crippen molar-refractivity contribution in [2.75, 3.05) is 32.8 Å². The molecule has 23 heavy (non-hydrogen) atoms. The van der Waals surface area contributed by atoms with Crippen LogP contribution in [0.5, 0.6) is 0 Å². The first kappa shape index (κ1) is 20.1. The first-order chi connectivity index (χ1) is 10.6.